The van der Waals surface area contributed by atoms with Crippen LogP contribution in [0.25, 0.3) is 0 Å². The van der Waals surface area contributed by atoms with Gasteiger partial charge in [0.05, 0.1) is 23.7 Å². The predicted molar refractivity (Wildman–Crippen MR) is 79.5 cm³/mol. The zero-order chi connectivity index (χ0) is 17.4. The molecule has 2 heterocycles. The van der Waals surface area contributed by atoms with Crippen LogP contribution in [0.5, 0.6) is 0 Å². The summed E-state index contributed by atoms with van der Waals surface area (Å²) < 4.78 is 16.1. The van der Waals surface area contributed by atoms with E-state index in [9.17, 15) is 25.5 Å². The molecule has 2 rings (SSSR count). The molecule has 9 atom stereocenters. The molecule has 8 unspecified atom stereocenters. The monoisotopic (exact) mass is 396 g/mol. The normalized spacial score (nSPS) is 51.1. The SMILES string of the molecule is OCC1OC(O[C@]2(CCl)OC(CCl)C(O)C2O)C(O)C(O)C1Cl. The third kappa shape index (κ3) is 3.58. The van der Waals surface area contributed by atoms with E-state index in [1.54, 1.807) is 0 Å². The zero-order valence-electron chi connectivity index (χ0n) is 11.8. The molecule has 0 amide bonds. The molecule has 0 radical (unpaired) electrons. The molecule has 0 spiro atoms. The lowest BCUT2D eigenvalue weighted by molar-refractivity contribution is -0.357. The first-order valence-corrected chi connectivity index (χ1v) is 8.42. The summed E-state index contributed by atoms with van der Waals surface area (Å²) >= 11 is 17.3. The van der Waals surface area contributed by atoms with E-state index in [1.807, 2.05) is 0 Å². The van der Waals surface area contributed by atoms with Crippen LogP contribution in [0.3, 0.4) is 0 Å². The standard InChI is InChI=1S/C12H19Cl3O8/c13-1-4-7(17)10(20)12(3-14,22-4)23-11-9(19)8(18)6(15)5(2-16)21-11/h4-11,16-20H,1-3H2/t4?,5?,6?,7?,8?,9?,10?,11?,12-/m0/s1. The van der Waals surface area contributed by atoms with E-state index in [4.69, 9.17) is 49.0 Å². The van der Waals surface area contributed by atoms with Crippen molar-refractivity contribution in [1.29, 1.82) is 0 Å². The van der Waals surface area contributed by atoms with E-state index < -0.39 is 66.6 Å². The molecule has 0 bridgehead atoms. The van der Waals surface area contributed by atoms with Gasteiger partial charge in [0.15, 0.2) is 6.29 Å². The Hall–Kier alpha value is 0.550. The van der Waals surface area contributed by atoms with Crippen LogP contribution < -0.4 is 0 Å². The fourth-order valence-corrected chi connectivity index (χ4v) is 3.37. The first kappa shape index (κ1) is 19.9. The number of ether oxygens (including phenoxy) is 3. The third-order valence-corrected chi connectivity index (χ3v) is 5.17. The van der Waals surface area contributed by atoms with E-state index in [0.29, 0.717) is 0 Å². The molecule has 5 N–H and O–H groups in total. The zero-order valence-corrected chi connectivity index (χ0v) is 14.1. The number of aliphatic hydroxyl groups excluding tert-OH is 5. The molecule has 2 aliphatic heterocycles. The van der Waals surface area contributed by atoms with Crippen LogP contribution in [0.2, 0.25) is 0 Å². The number of hydrogen-bond acceptors (Lipinski definition) is 8. The van der Waals surface area contributed by atoms with Gasteiger partial charge in [-0.1, -0.05) is 0 Å². The third-order valence-electron chi connectivity index (χ3n) is 3.96. The second-order valence-electron chi connectivity index (χ2n) is 5.46. The minimum Gasteiger partial charge on any atom is -0.394 e. The molecule has 11 heteroatoms. The van der Waals surface area contributed by atoms with Crippen LogP contribution in [0.4, 0.5) is 0 Å². The van der Waals surface area contributed by atoms with Gasteiger partial charge in [-0.15, -0.1) is 34.8 Å². The molecule has 0 aromatic heterocycles. The quantitative estimate of drug-likeness (QED) is 0.349. The summed E-state index contributed by atoms with van der Waals surface area (Å²) in [5.74, 6) is -2.43. The first-order valence-electron chi connectivity index (χ1n) is 6.91. The summed E-state index contributed by atoms with van der Waals surface area (Å²) in [6.07, 6.45) is -9.39. The highest BCUT2D eigenvalue weighted by Gasteiger charge is 2.58. The first-order chi connectivity index (χ1) is 10.8. The second kappa shape index (κ2) is 7.84. The smallest absolute Gasteiger partial charge is 0.214 e. The Labute approximate surface area is 147 Å². The molecular formula is C12H19Cl3O8. The molecule has 0 aromatic carbocycles. The molecule has 2 fully saturated rings. The van der Waals surface area contributed by atoms with Crippen LogP contribution >= 0.6 is 34.8 Å². The molecule has 0 aromatic rings. The summed E-state index contributed by atoms with van der Waals surface area (Å²) in [6, 6.07) is 0. The lowest BCUT2D eigenvalue weighted by atomic mass is 10.0. The number of rotatable bonds is 5. The summed E-state index contributed by atoms with van der Waals surface area (Å²) in [6.45, 7) is -0.526. The van der Waals surface area contributed by atoms with Gasteiger partial charge in [-0.2, -0.15) is 0 Å². The van der Waals surface area contributed by atoms with Crippen LogP contribution in [0.1, 0.15) is 0 Å². The number of alkyl halides is 3. The van der Waals surface area contributed by atoms with Crippen molar-refractivity contribution < 1.29 is 39.7 Å². The fourth-order valence-electron chi connectivity index (χ4n) is 2.56. The van der Waals surface area contributed by atoms with Gasteiger partial charge < -0.3 is 39.7 Å². The van der Waals surface area contributed by atoms with E-state index in [1.165, 1.54) is 0 Å². The highest BCUT2D eigenvalue weighted by Crippen LogP contribution is 2.37. The summed E-state index contributed by atoms with van der Waals surface area (Å²) in [4.78, 5) is 0. The Balaban J connectivity index is 2.18. The highest BCUT2D eigenvalue weighted by molar-refractivity contribution is 6.21. The van der Waals surface area contributed by atoms with Crippen molar-refractivity contribution in [2.24, 2.45) is 0 Å². The van der Waals surface area contributed by atoms with Gasteiger partial charge in [-0.3, -0.25) is 0 Å². The molecule has 2 saturated heterocycles. The summed E-state index contributed by atoms with van der Waals surface area (Å²) in [5.41, 5.74) is 0. The maximum Gasteiger partial charge on any atom is 0.214 e. The number of hydrogen-bond donors (Lipinski definition) is 5. The molecule has 0 aliphatic carbocycles. The van der Waals surface area contributed by atoms with Gasteiger partial charge in [0.1, 0.15) is 36.6 Å². The number of halogens is 3. The Bertz CT molecular complexity index is 403. The number of aliphatic hydroxyl groups is 5. The van der Waals surface area contributed by atoms with Gasteiger partial charge in [0.25, 0.3) is 0 Å². The molecule has 2 aliphatic rings. The van der Waals surface area contributed by atoms with Crippen molar-refractivity contribution in [1.82, 2.24) is 0 Å². The molecule has 0 saturated carbocycles. The Morgan fingerprint density at radius 2 is 1.65 bits per heavy atom. The molecule has 136 valence electrons. The topological polar surface area (TPSA) is 129 Å². The second-order valence-corrected chi connectivity index (χ2v) is 6.54. The van der Waals surface area contributed by atoms with E-state index >= 15 is 0 Å². The van der Waals surface area contributed by atoms with Crippen molar-refractivity contribution in [3.63, 3.8) is 0 Å². The van der Waals surface area contributed by atoms with Crippen LogP contribution in [-0.2, 0) is 14.2 Å². The maximum atomic E-state index is 10.1. The minimum atomic E-state index is -1.90. The van der Waals surface area contributed by atoms with Gasteiger partial charge in [-0.05, 0) is 0 Å². The van der Waals surface area contributed by atoms with Crippen LogP contribution in [-0.4, -0.2) is 98.0 Å². The lowest BCUT2D eigenvalue weighted by Crippen LogP contribution is -2.61. The highest BCUT2D eigenvalue weighted by atomic mass is 35.5. The van der Waals surface area contributed by atoms with Crippen LogP contribution in [0.15, 0.2) is 0 Å². The average Bonchev–Trinajstić information content (AvgIpc) is 2.80. The van der Waals surface area contributed by atoms with Gasteiger partial charge in [0.2, 0.25) is 5.79 Å². The van der Waals surface area contributed by atoms with Crippen molar-refractivity contribution in [2.45, 2.75) is 54.1 Å². The molecule has 23 heavy (non-hydrogen) atoms. The van der Waals surface area contributed by atoms with Crippen molar-refractivity contribution >= 4 is 34.8 Å². The summed E-state index contributed by atoms with van der Waals surface area (Å²) in [5, 5.41) is 48.1. The molecule has 8 nitrogen and oxygen atoms in total. The van der Waals surface area contributed by atoms with E-state index in [0.717, 1.165) is 0 Å². The maximum absolute atomic E-state index is 10.1. The minimum absolute atomic E-state index is 0.125. The van der Waals surface area contributed by atoms with Crippen molar-refractivity contribution in [3.8, 4) is 0 Å². The van der Waals surface area contributed by atoms with Gasteiger partial charge in [-0.25, -0.2) is 0 Å². The average molecular weight is 398 g/mol. The lowest BCUT2D eigenvalue weighted by Gasteiger charge is -2.43. The van der Waals surface area contributed by atoms with E-state index in [2.05, 4.69) is 0 Å². The van der Waals surface area contributed by atoms with Crippen molar-refractivity contribution in [3.05, 3.63) is 0 Å². The van der Waals surface area contributed by atoms with Crippen molar-refractivity contribution in [2.75, 3.05) is 18.4 Å². The summed E-state index contributed by atoms with van der Waals surface area (Å²) in [7, 11) is 0. The Kier molecular flexibility index (Phi) is 6.77. The Morgan fingerprint density at radius 3 is 2.13 bits per heavy atom. The van der Waals surface area contributed by atoms with E-state index in [-0.39, 0.29) is 5.88 Å². The van der Waals surface area contributed by atoms with Crippen LogP contribution in [0, 0.1) is 0 Å². The largest absolute Gasteiger partial charge is 0.394 e. The molecular weight excluding hydrogens is 378 g/mol. The Morgan fingerprint density at radius 1 is 1.00 bits per heavy atom. The van der Waals surface area contributed by atoms with Gasteiger partial charge >= 0.3 is 0 Å². The predicted octanol–water partition coefficient (Wildman–Crippen LogP) is -1.66. The fraction of sp³-hybridized carbons (Fsp3) is 1.00. The van der Waals surface area contributed by atoms with Gasteiger partial charge in [0, 0.05) is 0 Å².